The number of amides is 2. The van der Waals surface area contributed by atoms with E-state index in [1.807, 2.05) is 6.07 Å². The summed E-state index contributed by atoms with van der Waals surface area (Å²) in [5.41, 5.74) is 1.22. The van der Waals surface area contributed by atoms with Gasteiger partial charge in [0.25, 0.3) is 5.56 Å². The third kappa shape index (κ3) is 7.19. The van der Waals surface area contributed by atoms with E-state index >= 15 is 0 Å². The molecule has 2 aliphatic carbocycles. The number of halogens is 4. The SMILES string of the molecule is CC(=O)NC1CCN(C2CC(C(=O)NC3CCC(C)C(c4cc5cnc(Cl)cc5n(C)c4=O)C3)CC(C(F)(F)F)C2)CC1. The first-order valence-electron chi connectivity index (χ1n) is 15.3. The van der Waals surface area contributed by atoms with Crippen LogP contribution in [0.4, 0.5) is 13.2 Å². The zero-order valence-electron chi connectivity index (χ0n) is 24.9. The quantitative estimate of drug-likeness (QED) is 0.461. The van der Waals surface area contributed by atoms with Gasteiger partial charge >= 0.3 is 6.18 Å². The van der Waals surface area contributed by atoms with Gasteiger partial charge in [0, 0.05) is 68.3 Å². The fourth-order valence-electron chi connectivity index (χ4n) is 7.60. The number of likely N-dealkylation sites (tertiary alicyclic amines) is 1. The molecule has 6 atom stereocenters. The molecule has 5 rings (SSSR count). The fraction of sp³-hybridized carbons (Fsp3) is 0.677. The van der Waals surface area contributed by atoms with Gasteiger partial charge in [-0.1, -0.05) is 18.5 Å². The lowest BCUT2D eigenvalue weighted by Gasteiger charge is -2.44. The molecule has 2 amide bonds. The van der Waals surface area contributed by atoms with E-state index in [1.54, 1.807) is 23.9 Å². The Hall–Kier alpha value is -2.66. The number of aryl methyl sites for hydroxylation is 1. The lowest BCUT2D eigenvalue weighted by Crippen LogP contribution is -2.53. The highest BCUT2D eigenvalue weighted by Crippen LogP contribution is 2.43. The van der Waals surface area contributed by atoms with Crippen LogP contribution in [0.2, 0.25) is 5.15 Å². The first kappa shape index (κ1) is 31.8. The smallest absolute Gasteiger partial charge is 0.354 e. The van der Waals surface area contributed by atoms with Crippen LogP contribution in [0.25, 0.3) is 10.9 Å². The Labute approximate surface area is 254 Å². The van der Waals surface area contributed by atoms with Gasteiger partial charge in [-0.2, -0.15) is 13.2 Å². The molecule has 3 fully saturated rings. The molecule has 43 heavy (non-hydrogen) atoms. The number of alkyl halides is 3. The summed E-state index contributed by atoms with van der Waals surface area (Å²) < 4.78 is 43.7. The number of piperidine rings is 1. The summed E-state index contributed by atoms with van der Waals surface area (Å²) in [6.07, 6.45) is 0.861. The number of hydrogen-bond acceptors (Lipinski definition) is 5. The van der Waals surface area contributed by atoms with Crippen LogP contribution in [-0.4, -0.2) is 63.7 Å². The van der Waals surface area contributed by atoms with Crippen molar-refractivity contribution in [2.45, 2.75) is 95.4 Å². The maximum atomic E-state index is 14.0. The van der Waals surface area contributed by atoms with Crippen LogP contribution in [-0.2, 0) is 16.6 Å². The Morgan fingerprint density at radius 1 is 1.00 bits per heavy atom. The molecule has 236 valence electrons. The van der Waals surface area contributed by atoms with Crippen molar-refractivity contribution >= 4 is 34.3 Å². The molecular formula is C31H41ClF3N5O3. The number of pyridine rings is 2. The molecule has 0 bridgehead atoms. The van der Waals surface area contributed by atoms with Gasteiger partial charge in [-0.25, -0.2) is 4.98 Å². The fourth-order valence-corrected chi connectivity index (χ4v) is 7.75. The summed E-state index contributed by atoms with van der Waals surface area (Å²) in [5, 5.41) is 7.11. The van der Waals surface area contributed by atoms with Crippen LogP contribution >= 0.6 is 11.6 Å². The summed E-state index contributed by atoms with van der Waals surface area (Å²) in [6.45, 7) is 4.76. The second kappa shape index (κ2) is 12.8. The van der Waals surface area contributed by atoms with Crippen LogP contribution in [0.15, 0.2) is 23.1 Å². The number of carbonyl (C=O) groups is 2. The van der Waals surface area contributed by atoms with Crippen LogP contribution < -0.4 is 16.2 Å². The molecule has 6 unspecified atom stereocenters. The van der Waals surface area contributed by atoms with E-state index in [0.29, 0.717) is 61.4 Å². The minimum atomic E-state index is -4.37. The van der Waals surface area contributed by atoms with Gasteiger partial charge in [0.15, 0.2) is 0 Å². The van der Waals surface area contributed by atoms with Gasteiger partial charge in [0.2, 0.25) is 11.8 Å². The van der Waals surface area contributed by atoms with Crippen molar-refractivity contribution in [2.24, 2.45) is 24.8 Å². The largest absolute Gasteiger partial charge is 0.391 e. The number of carbonyl (C=O) groups excluding carboxylic acids is 2. The molecule has 12 heteroatoms. The molecule has 1 aliphatic heterocycles. The van der Waals surface area contributed by atoms with E-state index < -0.39 is 18.0 Å². The highest BCUT2D eigenvalue weighted by Gasteiger charge is 2.48. The third-order valence-corrected chi connectivity index (χ3v) is 10.2. The first-order valence-corrected chi connectivity index (χ1v) is 15.7. The zero-order chi connectivity index (χ0) is 31.1. The van der Waals surface area contributed by atoms with E-state index in [0.717, 1.165) is 11.8 Å². The van der Waals surface area contributed by atoms with E-state index in [-0.39, 0.29) is 60.2 Å². The lowest BCUT2D eigenvalue weighted by atomic mass is 9.73. The van der Waals surface area contributed by atoms with Crippen LogP contribution in [0.1, 0.15) is 76.7 Å². The molecule has 1 saturated heterocycles. The van der Waals surface area contributed by atoms with Crippen molar-refractivity contribution in [1.29, 1.82) is 0 Å². The van der Waals surface area contributed by atoms with Gasteiger partial charge in [-0.15, -0.1) is 0 Å². The monoisotopic (exact) mass is 623 g/mol. The summed E-state index contributed by atoms with van der Waals surface area (Å²) >= 11 is 6.05. The van der Waals surface area contributed by atoms with Gasteiger partial charge < -0.3 is 20.1 Å². The van der Waals surface area contributed by atoms with Gasteiger partial charge in [0.1, 0.15) is 5.15 Å². The van der Waals surface area contributed by atoms with Crippen LogP contribution in [0, 0.1) is 17.8 Å². The highest BCUT2D eigenvalue weighted by molar-refractivity contribution is 6.30. The second-order valence-corrected chi connectivity index (χ2v) is 13.3. The van der Waals surface area contributed by atoms with Crippen molar-refractivity contribution in [3.05, 3.63) is 39.4 Å². The number of fused-ring (bicyclic) bond motifs is 1. The average Bonchev–Trinajstić information content (AvgIpc) is 2.95. The van der Waals surface area contributed by atoms with Gasteiger partial charge in [-0.05, 0) is 75.3 Å². The molecule has 2 aromatic heterocycles. The molecule has 2 aromatic rings. The number of nitrogens with zero attached hydrogens (tertiary/aromatic N) is 3. The Morgan fingerprint density at radius 2 is 1.72 bits per heavy atom. The molecule has 2 N–H and O–H groups in total. The molecular weight excluding hydrogens is 583 g/mol. The second-order valence-electron chi connectivity index (χ2n) is 12.9. The minimum Gasteiger partial charge on any atom is -0.354 e. The average molecular weight is 624 g/mol. The summed E-state index contributed by atoms with van der Waals surface area (Å²) in [7, 11) is 1.70. The Kier molecular flexibility index (Phi) is 9.42. The molecule has 0 spiro atoms. The summed E-state index contributed by atoms with van der Waals surface area (Å²) in [4.78, 5) is 44.6. The molecule has 3 aliphatic rings. The number of hydrogen-bond donors (Lipinski definition) is 2. The predicted octanol–water partition coefficient (Wildman–Crippen LogP) is 4.92. The molecule has 0 aromatic carbocycles. The number of aromatic nitrogens is 2. The highest BCUT2D eigenvalue weighted by atomic mass is 35.5. The third-order valence-electron chi connectivity index (χ3n) is 10.0. The normalized spacial score (nSPS) is 29.4. The van der Waals surface area contributed by atoms with Crippen molar-refractivity contribution in [2.75, 3.05) is 13.1 Å². The molecule has 3 heterocycles. The Balaban J connectivity index is 1.28. The van der Waals surface area contributed by atoms with Gasteiger partial charge in [0.05, 0.1) is 11.4 Å². The van der Waals surface area contributed by atoms with Crippen molar-refractivity contribution in [1.82, 2.24) is 25.1 Å². The lowest BCUT2D eigenvalue weighted by molar-refractivity contribution is -0.192. The maximum Gasteiger partial charge on any atom is 0.391 e. The van der Waals surface area contributed by atoms with Crippen molar-refractivity contribution in [3.8, 4) is 0 Å². The predicted molar refractivity (Wildman–Crippen MR) is 159 cm³/mol. The standard InChI is InChI=1S/C31H41ClF3N5O3/c1-17-4-5-23(14-25(17)26-12-20-16-36-28(32)15-27(20)39(3)30(26)43)38-29(42)19-10-21(31(33,34)35)13-24(11-19)40-8-6-22(7-9-40)37-18(2)41/h12,15-17,19,21-25H,4-11,13-14H2,1-3H3,(H,37,41)(H,38,42). The van der Waals surface area contributed by atoms with Crippen LogP contribution in [0.5, 0.6) is 0 Å². The van der Waals surface area contributed by atoms with E-state index in [4.69, 9.17) is 11.6 Å². The molecule has 0 radical (unpaired) electrons. The van der Waals surface area contributed by atoms with E-state index in [1.165, 1.54) is 6.92 Å². The number of rotatable bonds is 5. The maximum absolute atomic E-state index is 14.0. The van der Waals surface area contributed by atoms with Crippen molar-refractivity contribution in [3.63, 3.8) is 0 Å². The van der Waals surface area contributed by atoms with E-state index in [9.17, 15) is 27.6 Å². The van der Waals surface area contributed by atoms with Gasteiger partial charge in [-0.3, -0.25) is 14.4 Å². The Bertz CT molecular complexity index is 1410. The Morgan fingerprint density at radius 3 is 2.40 bits per heavy atom. The number of nitrogens with one attached hydrogen (secondary N) is 2. The molecule has 2 saturated carbocycles. The first-order chi connectivity index (χ1) is 20.3. The summed E-state index contributed by atoms with van der Waals surface area (Å²) in [5.74, 6) is -2.60. The minimum absolute atomic E-state index is 0.00751. The topological polar surface area (TPSA) is 96.3 Å². The zero-order valence-corrected chi connectivity index (χ0v) is 25.7. The van der Waals surface area contributed by atoms with Crippen LogP contribution in [0.3, 0.4) is 0 Å². The van der Waals surface area contributed by atoms with Crippen molar-refractivity contribution < 1.29 is 22.8 Å². The van der Waals surface area contributed by atoms with E-state index in [2.05, 4.69) is 27.4 Å². The molecule has 8 nitrogen and oxygen atoms in total. The summed E-state index contributed by atoms with van der Waals surface area (Å²) in [6, 6.07) is 2.99.